The van der Waals surface area contributed by atoms with Gasteiger partial charge in [0.2, 0.25) is 0 Å². The second kappa shape index (κ2) is 5.69. The average molecular weight is 244 g/mol. The number of halogens is 1. The van der Waals surface area contributed by atoms with Crippen molar-refractivity contribution in [2.45, 2.75) is 45.7 Å². The summed E-state index contributed by atoms with van der Waals surface area (Å²) in [5, 5.41) is 7.94. The van der Waals surface area contributed by atoms with Gasteiger partial charge in [0.25, 0.3) is 0 Å². The number of hydrogen-bond acceptors (Lipinski definition) is 2. The summed E-state index contributed by atoms with van der Waals surface area (Å²) in [4.78, 5) is 0. The van der Waals surface area contributed by atoms with Crippen LogP contribution in [0, 0.1) is 0 Å². The molecule has 0 aromatic carbocycles. The summed E-state index contributed by atoms with van der Waals surface area (Å²) in [5.74, 6) is 0.686. The first-order valence-electron chi connectivity index (χ1n) is 5.81. The second-order valence-electron chi connectivity index (χ2n) is 4.78. The van der Waals surface area contributed by atoms with Crippen molar-refractivity contribution in [3.05, 3.63) is 17.5 Å². The van der Waals surface area contributed by atoms with Crippen molar-refractivity contribution in [2.24, 2.45) is 7.05 Å². The third kappa shape index (κ3) is 3.80. The molecule has 0 aliphatic rings. The van der Waals surface area contributed by atoms with E-state index >= 15 is 0 Å². The van der Waals surface area contributed by atoms with Crippen molar-refractivity contribution in [2.75, 3.05) is 5.88 Å². The Morgan fingerprint density at radius 2 is 2.19 bits per heavy atom. The van der Waals surface area contributed by atoms with Crippen LogP contribution in [0.1, 0.15) is 38.6 Å². The van der Waals surface area contributed by atoms with E-state index in [0.29, 0.717) is 5.88 Å². The molecule has 1 aromatic rings. The van der Waals surface area contributed by atoms with Gasteiger partial charge in [-0.25, -0.2) is 0 Å². The zero-order valence-electron chi connectivity index (χ0n) is 10.7. The topological polar surface area (TPSA) is 29.9 Å². The van der Waals surface area contributed by atoms with E-state index in [4.69, 9.17) is 11.6 Å². The van der Waals surface area contributed by atoms with Gasteiger partial charge in [-0.1, -0.05) is 6.92 Å². The predicted molar refractivity (Wildman–Crippen MR) is 68.8 cm³/mol. The Balaban J connectivity index is 2.56. The average Bonchev–Trinajstić information content (AvgIpc) is 2.56. The molecule has 0 bridgehead atoms. The van der Waals surface area contributed by atoms with Gasteiger partial charge in [-0.15, -0.1) is 11.6 Å². The van der Waals surface area contributed by atoms with E-state index in [2.05, 4.69) is 37.3 Å². The maximum Gasteiger partial charge on any atom is 0.0625 e. The molecule has 0 spiro atoms. The molecular formula is C12H22ClN3. The summed E-state index contributed by atoms with van der Waals surface area (Å²) >= 11 is 5.77. The molecule has 1 rings (SSSR count). The van der Waals surface area contributed by atoms with E-state index < -0.39 is 0 Å². The molecule has 0 fully saturated rings. The summed E-state index contributed by atoms with van der Waals surface area (Å²) < 4.78 is 1.95. The van der Waals surface area contributed by atoms with E-state index in [1.165, 1.54) is 5.69 Å². The van der Waals surface area contributed by atoms with Crippen molar-refractivity contribution in [1.29, 1.82) is 0 Å². The van der Waals surface area contributed by atoms with Gasteiger partial charge < -0.3 is 5.32 Å². The first-order valence-corrected chi connectivity index (χ1v) is 6.34. The molecule has 0 radical (unpaired) electrons. The fourth-order valence-corrected chi connectivity index (χ4v) is 2.04. The minimum Gasteiger partial charge on any atom is -0.306 e. The molecule has 0 amide bonds. The van der Waals surface area contributed by atoms with Crippen LogP contribution in [0.25, 0.3) is 0 Å². The van der Waals surface area contributed by atoms with Crippen molar-refractivity contribution in [3.63, 3.8) is 0 Å². The maximum atomic E-state index is 5.77. The van der Waals surface area contributed by atoms with Crippen molar-refractivity contribution < 1.29 is 0 Å². The summed E-state index contributed by atoms with van der Waals surface area (Å²) in [6, 6.07) is 2.16. The molecule has 1 N–H and O–H groups in total. The number of aryl methyl sites for hydroxylation is 2. The molecule has 1 heterocycles. The fraction of sp³-hybridized carbons (Fsp3) is 0.750. The second-order valence-corrected chi connectivity index (χ2v) is 5.16. The SMILES string of the molecule is CCc1cc(CNC(C)(C)CCCl)n(C)n1. The number of aromatic nitrogens is 2. The third-order valence-corrected chi connectivity index (χ3v) is 3.05. The quantitative estimate of drug-likeness (QED) is 0.778. The number of rotatable bonds is 6. The Morgan fingerprint density at radius 1 is 1.50 bits per heavy atom. The molecule has 0 saturated heterocycles. The minimum atomic E-state index is 0.0817. The highest BCUT2D eigenvalue weighted by atomic mass is 35.5. The van der Waals surface area contributed by atoms with Crippen molar-refractivity contribution >= 4 is 11.6 Å². The van der Waals surface area contributed by atoms with Crippen LogP contribution >= 0.6 is 11.6 Å². The Labute approximate surface area is 103 Å². The van der Waals surface area contributed by atoms with Crippen LogP contribution < -0.4 is 5.32 Å². The monoisotopic (exact) mass is 243 g/mol. The Morgan fingerprint density at radius 3 is 2.69 bits per heavy atom. The zero-order chi connectivity index (χ0) is 12.2. The fourth-order valence-electron chi connectivity index (χ4n) is 1.56. The molecular weight excluding hydrogens is 222 g/mol. The lowest BCUT2D eigenvalue weighted by Gasteiger charge is -2.25. The lowest BCUT2D eigenvalue weighted by atomic mass is 10.0. The number of alkyl halides is 1. The van der Waals surface area contributed by atoms with Crippen LogP contribution in [0.4, 0.5) is 0 Å². The molecule has 16 heavy (non-hydrogen) atoms. The van der Waals surface area contributed by atoms with E-state index in [1.807, 2.05) is 11.7 Å². The van der Waals surface area contributed by atoms with Gasteiger partial charge in [0.05, 0.1) is 11.4 Å². The Hall–Kier alpha value is -0.540. The first-order chi connectivity index (χ1) is 7.48. The Bertz CT molecular complexity index is 331. The lowest BCUT2D eigenvalue weighted by molar-refractivity contribution is 0.370. The highest BCUT2D eigenvalue weighted by Gasteiger charge is 2.16. The van der Waals surface area contributed by atoms with Crippen LogP contribution in [0.3, 0.4) is 0 Å². The number of nitrogens with zero attached hydrogens (tertiary/aromatic N) is 2. The normalized spacial score (nSPS) is 12.1. The van der Waals surface area contributed by atoms with E-state index in [9.17, 15) is 0 Å². The van der Waals surface area contributed by atoms with Crippen LogP contribution in [0.15, 0.2) is 6.07 Å². The van der Waals surface area contributed by atoms with Gasteiger partial charge in [-0.05, 0) is 32.8 Å². The predicted octanol–water partition coefficient (Wildman–Crippen LogP) is 2.48. The standard InChI is InChI=1S/C12H22ClN3/c1-5-10-8-11(16(4)15-10)9-14-12(2,3)6-7-13/h8,14H,5-7,9H2,1-4H3. The molecule has 3 nitrogen and oxygen atoms in total. The molecule has 0 saturated carbocycles. The summed E-state index contributed by atoms with van der Waals surface area (Å²) in [7, 11) is 1.99. The van der Waals surface area contributed by atoms with E-state index in [-0.39, 0.29) is 5.54 Å². The molecule has 0 atom stereocenters. The van der Waals surface area contributed by atoms with Crippen molar-refractivity contribution in [1.82, 2.24) is 15.1 Å². The zero-order valence-corrected chi connectivity index (χ0v) is 11.4. The van der Waals surface area contributed by atoms with Crippen LogP contribution in [-0.2, 0) is 20.0 Å². The van der Waals surface area contributed by atoms with Crippen molar-refractivity contribution in [3.8, 4) is 0 Å². The number of nitrogens with one attached hydrogen (secondary N) is 1. The van der Waals surface area contributed by atoms with Crippen LogP contribution in [0.2, 0.25) is 0 Å². The van der Waals surface area contributed by atoms with Gasteiger partial charge >= 0.3 is 0 Å². The largest absolute Gasteiger partial charge is 0.306 e. The molecule has 0 unspecified atom stereocenters. The minimum absolute atomic E-state index is 0.0817. The van der Waals surface area contributed by atoms with Gasteiger partial charge in [-0.3, -0.25) is 4.68 Å². The van der Waals surface area contributed by atoms with Gasteiger partial charge in [-0.2, -0.15) is 5.10 Å². The highest BCUT2D eigenvalue weighted by Crippen LogP contribution is 2.11. The summed E-state index contributed by atoms with van der Waals surface area (Å²) in [6.07, 6.45) is 1.95. The van der Waals surface area contributed by atoms with Gasteiger partial charge in [0, 0.05) is 25.0 Å². The smallest absolute Gasteiger partial charge is 0.0625 e. The van der Waals surface area contributed by atoms with E-state index in [1.54, 1.807) is 0 Å². The number of hydrogen-bond donors (Lipinski definition) is 1. The molecule has 0 aliphatic carbocycles. The molecule has 0 aliphatic heterocycles. The molecule has 92 valence electrons. The highest BCUT2D eigenvalue weighted by molar-refractivity contribution is 6.17. The first kappa shape index (κ1) is 13.5. The lowest BCUT2D eigenvalue weighted by Crippen LogP contribution is -2.39. The molecule has 4 heteroatoms. The van der Waals surface area contributed by atoms with Gasteiger partial charge in [0.1, 0.15) is 0 Å². The van der Waals surface area contributed by atoms with Crippen LogP contribution in [0.5, 0.6) is 0 Å². The van der Waals surface area contributed by atoms with Crippen LogP contribution in [-0.4, -0.2) is 21.2 Å². The maximum absolute atomic E-state index is 5.77. The summed E-state index contributed by atoms with van der Waals surface area (Å²) in [6.45, 7) is 7.31. The van der Waals surface area contributed by atoms with E-state index in [0.717, 1.165) is 25.1 Å². The Kier molecular flexibility index (Phi) is 4.81. The summed E-state index contributed by atoms with van der Waals surface area (Å²) in [5.41, 5.74) is 2.45. The molecule has 1 aromatic heterocycles. The third-order valence-electron chi connectivity index (χ3n) is 2.86. The van der Waals surface area contributed by atoms with Gasteiger partial charge in [0.15, 0.2) is 0 Å².